The Labute approximate surface area is 221 Å². The number of halogens is 3. The van der Waals surface area contributed by atoms with Crippen LogP contribution in [0.2, 0.25) is 0 Å². The molecule has 0 unspecified atom stereocenters. The van der Waals surface area contributed by atoms with E-state index in [0.717, 1.165) is 20.3 Å². The third kappa shape index (κ3) is 5.28. The number of hydrogen-bond acceptors (Lipinski definition) is 5. The van der Waals surface area contributed by atoms with Gasteiger partial charge in [-0.2, -0.15) is 0 Å². The molecule has 0 amide bonds. The van der Waals surface area contributed by atoms with Gasteiger partial charge in [0.05, 0.1) is 14.5 Å². The summed E-state index contributed by atoms with van der Waals surface area (Å²) >= 11 is 9.16. The fourth-order valence-corrected chi connectivity index (χ4v) is 4.90. The Balaban J connectivity index is 1.60. The van der Waals surface area contributed by atoms with Crippen molar-refractivity contribution in [3.05, 3.63) is 101 Å². The molecule has 0 fully saturated rings. The van der Waals surface area contributed by atoms with E-state index in [0.29, 0.717) is 25.8 Å². The van der Waals surface area contributed by atoms with Crippen LogP contribution in [0.5, 0.6) is 5.75 Å². The summed E-state index contributed by atoms with van der Waals surface area (Å²) in [5.41, 5.74) is 4.00. The van der Waals surface area contributed by atoms with Gasteiger partial charge in [-0.3, -0.25) is 0 Å². The van der Waals surface area contributed by atoms with Gasteiger partial charge in [0.2, 0.25) is 5.90 Å². The first-order chi connectivity index (χ1) is 15.7. The van der Waals surface area contributed by atoms with Crippen LogP contribution in [0.15, 0.2) is 74.2 Å². The third-order valence-electron chi connectivity index (χ3n) is 4.91. The van der Waals surface area contributed by atoms with Gasteiger partial charge in [0.1, 0.15) is 0 Å². The number of carbonyl (C=O) groups is 2. The number of aliphatic imine (C=N–C) groups is 1. The SMILES string of the molecule is Cc1cc(C2=N/C(=C\c3cc(Br)c(OC(=O)c4ccccc4C)c(Br)c3)C(=O)O2)ccc1I. The number of nitrogens with zero attached hydrogens (tertiary/aromatic N) is 1. The van der Waals surface area contributed by atoms with Crippen molar-refractivity contribution in [2.75, 3.05) is 0 Å². The molecule has 3 aromatic rings. The minimum atomic E-state index is -0.525. The van der Waals surface area contributed by atoms with Gasteiger partial charge < -0.3 is 9.47 Å². The highest BCUT2D eigenvalue weighted by Gasteiger charge is 2.25. The maximum Gasteiger partial charge on any atom is 0.363 e. The van der Waals surface area contributed by atoms with Crippen LogP contribution in [0, 0.1) is 17.4 Å². The summed E-state index contributed by atoms with van der Waals surface area (Å²) in [5.74, 6) is -0.365. The van der Waals surface area contributed by atoms with E-state index in [4.69, 9.17) is 9.47 Å². The molecule has 5 nitrogen and oxygen atoms in total. The second-order valence-electron chi connectivity index (χ2n) is 7.32. The van der Waals surface area contributed by atoms with Gasteiger partial charge in [-0.25, -0.2) is 14.6 Å². The monoisotopic (exact) mass is 679 g/mol. The molecule has 0 saturated heterocycles. The molecular formula is C25H16Br2INO4. The number of carbonyl (C=O) groups excluding carboxylic acids is 2. The fraction of sp³-hybridized carbons (Fsp3) is 0.0800. The van der Waals surface area contributed by atoms with Crippen LogP contribution in [0.1, 0.15) is 32.6 Å². The van der Waals surface area contributed by atoms with Crippen LogP contribution in [-0.2, 0) is 9.53 Å². The first-order valence-electron chi connectivity index (χ1n) is 9.79. The Bertz CT molecular complexity index is 1340. The van der Waals surface area contributed by atoms with E-state index in [-0.39, 0.29) is 11.6 Å². The van der Waals surface area contributed by atoms with Gasteiger partial charge in [0.15, 0.2) is 11.4 Å². The van der Waals surface area contributed by atoms with Crippen molar-refractivity contribution in [3.63, 3.8) is 0 Å². The normalized spacial score (nSPS) is 14.3. The lowest BCUT2D eigenvalue weighted by molar-refractivity contribution is -0.129. The van der Waals surface area contributed by atoms with Crippen molar-refractivity contribution in [1.82, 2.24) is 0 Å². The van der Waals surface area contributed by atoms with Gasteiger partial charge in [0, 0.05) is 9.13 Å². The van der Waals surface area contributed by atoms with Crippen molar-refractivity contribution in [2.24, 2.45) is 4.99 Å². The summed E-state index contributed by atoms with van der Waals surface area (Å²) in [4.78, 5) is 29.4. The predicted octanol–water partition coefficient (Wildman–Crippen LogP) is 7.00. The fourth-order valence-electron chi connectivity index (χ4n) is 3.18. The zero-order valence-corrected chi connectivity index (χ0v) is 22.8. The lowest BCUT2D eigenvalue weighted by atomic mass is 10.1. The molecule has 166 valence electrons. The van der Waals surface area contributed by atoms with E-state index >= 15 is 0 Å². The summed E-state index contributed by atoms with van der Waals surface area (Å²) < 4.78 is 13.2. The van der Waals surface area contributed by atoms with E-state index in [1.165, 1.54) is 0 Å². The van der Waals surface area contributed by atoms with Crippen LogP contribution in [0.25, 0.3) is 6.08 Å². The summed E-state index contributed by atoms with van der Waals surface area (Å²) in [5, 5.41) is 0. The molecule has 0 spiro atoms. The highest BCUT2D eigenvalue weighted by atomic mass is 127. The summed E-state index contributed by atoms with van der Waals surface area (Å²) in [7, 11) is 0. The molecule has 3 aromatic carbocycles. The Hall–Kier alpha value is -2.30. The molecule has 0 aliphatic carbocycles. The maximum atomic E-state index is 12.6. The molecule has 1 heterocycles. The van der Waals surface area contributed by atoms with Gasteiger partial charge in [-0.15, -0.1) is 0 Å². The third-order valence-corrected chi connectivity index (χ3v) is 7.30. The Morgan fingerprint density at radius 3 is 2.39 bits per heavy atom. The molecule has 1 aliphatic heterocycles. The summed E-state index contributed by atoms with van der Waals surface area (Å²) in [6.07, 6.45) is 1.62. The van der Waals surface area contributed by atoms with Crippen LogP contribution in [0.3, 0.4) is 0 Å². The van der Waals surface area contributed by atoms with Gasteiger partial charge >= 0.3 is 11.9 Å². The lowest BCUT2D eigenvalue weighted by Gasteiger charge is -2.11. The van der Waals surface area contributed by atoms with Crippen LogP contribution in [0.4, 0.5) is 0 Å². The number of ether oxygens (including phenoxy) is 2. The minimum Gasteiger partial charge on any atom is -0.420 e. The number of aryl methyl sites for hydroxylation is 2. The number of rotatable bonds is 4. The van der Waals surface area contributed by atoms with Crippen molar-refractivity contribution in [3.8, 4) is 5.75 Å². The van der Waals surface area contributed by atoms with E-state index in [1.54, 1.807) is 30.3 Å². The smallest absolute Gasteiger partial charge is 0.363 e. The minimum absolute atomic E-state index is 0.185. The van der Waals surface area contributed by atoms with Crippen molar-refractivity contribution in [1.29, 1.82) is 0 Å². The van der Waals surface area contributed by atoms with Crippen LogP contribution < -0.4 is 4.74 Å². The maximum absolute atomic E-state index is 12.6. The standard InChI is InChI=1S/C25H16Br2INO4/c1-13-5-3-4-6-17(13)24(30)32-22-18(26)10-15(11-19(22)27)12-21-25(31)33-23(29-21)16-7-8-20(28)14(2)9-16/h3-12H,1-2H3/b21-12-. The Morgan fingerprint density at radius 1 is 1.03 bits per heavy atom. The first-order valence-corrected chi connectivity index (χ1v) is 12.5. The van der Waals surface area contributed by atoms with E-state index in [9.17, 15) is 9.59 Å². The predicted molar refractivity (Wildman–Crippen MR) is 142 cm³/mol. The summed E-state index contributed by atoms with van der Waals surface area (Å²) in [6, 6.07) is 16.5. The molecule has 0 atom stereocenters. The average Bonchev–Trinajstić information content (AvgIpc) is 3.13. The molecule has 0 aromatic heterocycles. The lowest BCUT2D eigenvalue weighted by Crippen LogP contribution is -2.11. The molecule has 0 N–H and O–H groups in total. The molecule has 33 heavy (non-hydrogen) atoms. The number of esters is 2. The first kappa shape index (κ1) is 23.8. The quantitative estimate of drug-likeness (QED) is 0.129. The molecule has 4 rings (SSSR count). The van der Waals surface area contributed by atoms with E-state index < -0.39 is 11.9 Å². The number of benzene rings is 3. The molecule has 8 heteroatoms. The second-order valence-corrected chi connectivity index (χ2v) is 10.2. The Morgan fingerprint density at radius 2 is 1.73 bits per heavy atom. The van der Waals surface area contributed by atoms with Crippen LogP contribution >= 0.6 is 54.5 Å². The van der Waals surface area contributed by atoms with Gasteiger partial charge in [-0.1, -0.05) is 18.2 Å². The second kappa shape index (κ2) is 9.90. The average molecular weight is 681 g/mol. The number of hydrogen-bond donors (Lipinski definition) is 0. The van der Waals surface area contributed by atoms with Gasteiger partial charge in [-0.05, 0) is 127 Å². The molecule has 0 saturated carbocycles. The van der Waals surface area contributed by atoms with Crippen LogP contribution in [-0.4, -0.2) is 17.8 Å². The molecule has 0 bridgehead atoms. The van der Waals surface area contributed by atoms with E-state index in [1.807, 2.05) is 44.2 Å². The van der Waals surface area contributed by atoms with Crippen molar-refractivity contribution >= 4 is 78.4 Å². The zero-order valence-electron chi connectivity index (χ0n) is 17.5. The topological polar surface area (TPSA) is 65.0 Å². The van der Waals surface area contributed by atoms with E-state index in [2.05, 4.69) is 59.4 Å². The van der Waals surface area contributed by atoms with Crippen molar-refractivity contribution in [2.45, 2.75) is 13.8 Å². The summed E-state index contributed by atoms with van der Waals surface area (Å²) in [6.45, 7) is 3.84. The molecule has 0 radical (unpaired) electrons. The Kier molecular flexibility index (Phi) is 7.16. The van der Waals surface area contributed by atoms with Crippen molar-refractivity contribution < 1.29 is 19.1 Å². The van der Waals surface area contributed by atoms with Gasteiger partial charge in [0.25, 0.3) is 0 Å². The molecule has 1 aliphatic rings. The number of cyclic esters (lactones) is 1. The zero-order chi connectivity index (χ0) is 23.7. The molecular weight excluding hydrogens is 665 g/mol. The highest BCUT2D eigenvalue weighted by molar-refractivity contribution is 14.1. The largest absolute Gasteiger partial charge is 0.420 e. The highest BCUT2D eigenvalue weighted by Crippen LogP contribution is 2.36.